The van der Waals surface area contributed by atoms with Gasteiger partial charge in [-0.25, -0.2) is 13.2 Å². The van der Waals surface area contributed by atoms with Crippen LogP contribution in [0.3, 0.4) is 0 Å². The van der Waals surface area contributed by atoms with Crippen LogP contribution in [0.4, 0.5) is 13.2 Å². The van der Waals surface area contributed by atoms with Crippen LogP contribution in [0.5, 0.6) is 0 Å². The third kappa shape index (κ3) is 3.60. The van der Waals surface area contributed by atoms with Gasteiger partial charge in [0.15, 0.2) is 11.6 Å². The largest absolute Gasteiger partial charge is 0.207 e. The molecule has 2 aromatic rings. The first-order valence-corrected chi connectivity index (χ1v) is 6.72. The Morgan fingerprint density at radius 1 is 1.00 bits per heavy atom. The molecule has 1 atom stereocenters. The van der Waals surface area contributed by atoms with E-state index in [2.05, 4.69) is 15.9 Å². The van der Waals surface area contributed by atoms with Crippen LogP contribution in [0.2, 0.25) is 0 Å². The number of alkyl halides is 1. The third-order valence-electron chi connectivity index (χ3n) is 2.83. The fraction of sp³-hybridized carbons (Fsp3) is 0.200. The number of hydrogen-bond donors (Lipinski definition) is 0. The molecule has 0 saturated heterocycles. The van der Waals surface area contributed by atoms with Crippen molar-refractivity contribution in [1.82, 2.24) is 0 Å². The molecule has 19 heavy (non-hydrogen) atoms. The predicted octanol–water partition coefficient (Wildman–Crippen LogP) is 5.09. The van der Waals surface area contributed by atoms with Crippen LogP contribution in [0.1, 0.15) is 21.5 Å². The predicted molar refractivity (Wildman–Crippen MR) is 72.9 cm³/mol. The van der Waals surface area contributed by atoms with Gasteiger partial charge in [-0.15, -0.1) is 0 Å². The molecule has 0 bridgehead atoms. The van der Waals surface area contributed by atoms with Crippen molar-refractivity contribution in [2.45, 2.75) is 18.2 Å². The summed E-state index contributed by atoms with van der Waals surface area (Å²) in [6.45, 7) is 1.81. The van der Waals surface area contributed by atoms with Crippen LogP contribution >= 0.6 is 15.9 Å². The molecule has 0 aliphatic carbocycles. The minimum Gasteiger partial charge on any atom is -0.207 e. The first kappa shape index (κ1) is 14.1. The van der Waals surface area contributed by atoms with E-state index in [-0.39, 0.29) is 10.6 Å². The fourth-order valence-electron chi connectivity index (χ4n) is 1.94. The molecule has 0 spiro atoms. The van der Waals surface area contributed by atoms with Gasteiger partial charge in [-0.1, -0.05) is 28.1 Å². The van der Waals surface area contributed by atoms with E-state index < -0.39 is 11.6 Å². The van der Waals surface area contributed by atoms with E-state index in [1.807, 2.05) is 13.0 Å². The molecule has 0 aromatic heterocycles. The maximum Gasteiger partial charge on any atom is 0.159 e. The fourth-order valence-corrected chi connectivity index (χ4v) is 2.58. The summed E-state index contributed by atoms with van der Waals surface area (Å²) in [6.07, 6.45) is 0.458. The molecule has 0 N–H and O–H groups in total. The summed E-state index contributed by atoms with van der Waals surface area (Å²) in [5.41, 5.74) is 2.26. The molecule has 100 valence electrons. The van der Waals surface area contributed by atoms with E-state index >= 15 is 0 Å². The molecule has 0 aliphatic heterocycles. The highest BCUT2D eigenvalue weighted by molar-refractivity contribution is 9.09. The average molecular weight is 329 g/mol. The summed E-state index contributed by atoms with van der Waals surface area (Å²) < 4.78 is 39.3. The van der Waals surface area contributed by atoms with Crippen molar-refractivity contribution in [3.63, 3.8) is 0 Å². The second-order valence-corrected chi connectivity index (χ2v) is 5.59. The number of benzene rings is 2. The zero-order valence-corrected chi connectivity index (χ0v) is 11.8. The van der Waals surface area contributed by atoms with E-state index in [1.165, 1.54) is 18.2 Å². The Hall–Kier alpha value is -1.29. The lowest BCUT2D eigenvalue weighted by molar-refractivity contribution is 0.507. The van der Waals surface area contributed by atoms with Crippen LogP contribution in [-0.4, -0.2) is 0 Å². The minimum atomic E-state index is -0.868. The highest BCUT2D eigenvalue weighted by atomic mass is 79.9. The van der Waals surface area contributed by atoms with E-state index in [0.717, 1.165) is 23.3 Å². The lowest BCUT2D eigenvalue weighted by Gasteiger charge is -2.11. The standard InChI is InChI=1S/C15H12BrF3/c1-9-4-11(8-12(17)5-9)13(16)6-10-2-3-14(18)15(19)7-10/h2-5,7-8,13H,6H2,1H3. The Morgan fingerprint density at radius 3 is 2.37 bits per heavy atom. The highest BCUT2D eigenvalue weighted by Crippen LogP contribution is 2.28. The summed E-state index contributed by atoms with van der Waals surface area (Å²) in [4.78, 5) is -0.147. The van der Waals surface area contributed by atoms with Gasteiger partial charge >= 0.3 is 0 Å². The summed E-state index contributed by atoms with van der Waals surface area (Å²) in [5, 5.41) is 0. The third-order valence-corrected chi connectivity index (χ3v) is 3.68. The molecular weight excluding hydrogens is 317 g/mol. The molecule has 0 aliphatic rings. The number of aryl methyl sites for hydroxylation is 1. The first-order valence-electron chi connectivity index (χ1n) is 5.81. The number of halogens is 4. The average Bonchev–Trinajstić information content (AvgIpc) is 2.32. The van der Waals surface area contributed by atoms with E-state index in [1.54, 1.807) is 0 Å². The van der Waals surface area contributed by atoms with Crippen molar-refractivity contribution in [3.05, 3.63) is 70.5 Å². The smallest absolute Gasteiger partial charge is 0.159 e. The Kier molecular flexibility index (Phi) is 4.30. The molecule has 0 nitrogen and oxygen atoms in total. The van der Waals surface area contributed by atoms with E-state index in [9.17, 15) is 13.2 Å². The van der Waals surface area contributed by atoms with Crippen molar-refractivity contribution >= 4 is 15.9 Å². The Bertz CT molecular complexity index is 576. The maximum atomic E-state index is 13.3. The van der Waals surface area contributed by atoms with Gasteiger partial charge in [-0.05, 0) is 54.3 Å². The van der Waals surface area contributed by atoms with E-state index in [0.29, 0.717) is 12.0 Å². The van der Waals surface area contributed by atoms with Gasteiger partial charge in [0.25, 0.3) is 0 Å². The normalized spacial score (nSPS) is 12.5. The van der Waals surface area contributed by atoms with Crippen molar-refractivity contribution in [1.29, 1.82) is 0 Å². The molecule has 0 heterocycles. The minimum absolute atomic E-state index is 0.147. The Morgan fingerprint density at radius 2 is 1.74 bits per heavy atom. The lowest BCUT2D eigenvalue weighted by Crippen LogP contribution is -1.98. The van der Waals surface area contributed by atoms with Gasteiger partial charge < -0.3 is 0 Å². The lowest BCUT2D eigenvalue weighted by atomic mass is 10.0. The summed E-state index contributed by atoms with van der Waals surface area (Å²) in [6, 6.07) is 8.53. The van der Waals surface area contributed by atoms with Crippen molar-refractivity contribution in [2.75, 3.05) is 0 Å². The molecule has 1 unspecified atom stereocenters. The van der Waals surface area contributed by atoms with E-state index in [4.69, 9.17) is 0 Å². The van der Waals surface area contributed by atoms with Gasteiger partial charge in [0.2, 0.25) is 0 Å². The van der Waals surface area contributed by atoms with Gasteiger partial charge in [-0.3, -0.25) is 0 Å². The molecule has 4 heteroatoms. The van der Waals surface area contributed by atoms with Gasteiger partial charge in [-0.2, -0.15) is 0 Å². The molecule has 0 radical (unpaired) electrons. The van der Waals surface area contributed by atoms with Crippen LogP contribution < -0.4 is 0 Å². The SMILES string of the molecule is Cc1cc(F)cc(C(Br)Cc2ccc(F)c(F)c2)c1. The zero-order chi connectivity index (χ0) is 14.0. The number of hydrogen-bond acceptors (Lipinski definition) is 0. The van der Waals surface area contributed by atoms with Crippen molar-refractivity contribution in [3.8, 4) is 0 Å². The second-order valence-electron chi connectivity index (χ2n) is 4.48. The monoisotopic (exact) mass is 328 g/mol. The molecule has 0 fully saturated rings. The molecule has 0 saturated carbocycles. The Balaban J connectivity index is 2.20. The van der Waals surface area contributed by atoms with Crippen LogP contribution in [0.25, 0.3) is 0 Å². The van der Waals surface area contributed by atoms with Crippen LogP contribution in [-0.2, 0) is 6.42 Å². The summed E-state index contributed by atoms with van der Waals surface area (Å²) in [5.74, 6) is -2.03. The van der Waals surface area contributed by atoms with Gasteiger partial charge in [0, 0.05) is 4.83 Å². The maximum absolute atomic E-state index is 13.3. The molecule has 2 rings (SSSR count). The van der Waals surface area contributed by atoms with Crippen LogP contribution in [0.15, 0.2) is 36.4 Å². The Labute approximate surface area is 118 Å². The van der Waals surface area contributed by atoms with Gasteiger partial charge in [0.05, 0.1) is 0 Å². The quantitative estimate of drug-likeness (QED) is 0.688. The first-order chi connectivity index (χ1) is 8.95. The van der Waals surface area contributed by atoms with Crippen molar-refractivity contribution < 1.29 is 13.2 Å². The zero-order valence-electron chi connectivity index (χ0n) is 10.3. The number of rotatable bonds is 3. The molecular formula is C15H12BrF3. The van der Waals surface area contributed by atoms with Crippen molar-refractivity contribution in [2.24, 2.45) is 0 Å². The summed E-state index contributed by atoms with van der Waals surface area (Å²) in [7, 11) is 0. The molecule has 2 aromatic carbocycles. The van der Waals surface area contributed by atoms with Crippen LogP contribution in [0, 0.1) is 24.4 Å². The van der Waals surface area contributed by atoms with Gasteiger partial charge in [0.1, 0.15) is 5.82 Å². The second kappa shape index (κ2) is 5.78. The summed E-state index contributed by atoms with van der Waals surface area (Å²) >= 11 is 3.45. The highest BCUT2D eigenvalue weighted by Gasteiger charge is 2.12. The topological polar surface area (TPSA) is 0 Å². The molecule has 0 amide bonds.